The second-order valence-corrected chi connectivity index (χ2v) is 6.68. The molecular weight excluding hydrogens is 338 g/mol. The van der Waals surface area contributed by atoms with Gasteiger partial charge in [0.1, 0.15) is 12.4 Å². The molecule has 0 spiro atoms. The van der Waals surface area contributed by atoms with Gasteiger partial charge in [-0.05, 0) is 49.6 Å². The van der Waals surface area contributed by atoms with Crippen molar-refractivity contribution in [1.82, 2.24) is 19.5 Å². The Balaban J connectivity index is 1.74. The molecule has 0 unspecified atom stereocenters. The van der Waals surface area contributed by atoms with Gasteiger partial charge in [-0.3, -0.25) is 14.7 Å². The third-order valence-corrected chi connectivity index (χ3v) is 4.97. The lowest BCUT2D eigenvalue weighted by atomic mass is 10.0. The molecule has 0 saturated carbocycles. The van der Waals surface area contributed by atoms with Crippen LogP contribution in [-0.4, -0.2) is 24.4 Å². The Hall–Kier alpha value is -2.74. The number of fused-ring (bicyclic) bond motifs is 1. The van der Waals surface area contributed by atoms with Crippen LogP contribution >= 0.6 is 11.8 Å². The molecule has 0 saturated heterocycles. The summed E-state index contributed by atoms with van der Waals surface area (Å²) in [6.07, 6.45) is 6.74. The van der Waals surface area contributed by atoms with Crippen molar-refractivity contribution in [3.63, 3.8) is 0 Å². The van der Waals surface area contributed by atoms with Crippen molar-refractivity contribution in [3.8, 4) is 5.69 Å². The molecule has 4 rings (SSSR count). The first kappa shape index (κ1) is 15.8. The Morgan fingerprint density at radius 3 is 2.52 bits per heavy atom. The quantitative estimate of drug-likeness (QED) is 0.405. The van der Waals surface area contributed by atoms with E-state index in [1.54, 1.807) is 0 Å². The van der Waals surface area contributed by atoms with Crippen LogP contribution in [0.4, 0.5) is 5.69 Å². The molecule has 25 heavy (non-hydrogen) atoms. The topological polar surface area (TPSA) is 86.7 Å². The van der Waals surface area contributed by atoms with Crippen LogP contribution in [-0.2, 0) is 12.8 Å². The number of aromatic nitrogens is 4. The van der Waals surface area contributed by atoms with E-state index < -0.39 is 4.92 Å². The zero-order chi connectivity index (χ0) is 17.2. The summed E-state index contributed by atoms with van der Waals surface area (Å²) in [6.45, 7) is 0. The van der Waals surface area contributed by atoms with E-state index in [2.05, 4.69) is 26.7 Å². The molecule has 1 aromatic carbocycles. The lowest BCUT2D eigenvalue weighted by Gasteiger charge is -2.15. The van der Waals surface area contributed by atoms with Gasteiger partial charge in [0.05, 0.1) is 10.6 Å². The van der Waals surface area contributed by atoms with Crippen molar-refractivity contribution in [2.75, 3.05) is 0 Å². The highest BCUT2D eigenvalue weighted by Crippen LogP contribution is 2.33. The minimum Gasteiger partial charge on any atom is -0.291 e. The van der Waals surface area contributed by atoms with Crippen LogP contribution in [0.5, 0.6) is 0 Å². The number of nitrogens with zero attached hydrogens (tertiary/aromatic N) is 5. The minimum absolute atomic E-state index is 0.116. The van der Waals surface area contributed by atoms with Crippen LogP contribution in [0, 0.1) is 10.1 Å². The Labute approximate surface area is 148 Å². The molecular formula is C17H15N5O2S. The normalized spacial score (nSPS) is 13.4. The van der Waals surface area contributed by atoms with Crippen molar-refractivity contribution in [1.29, 1.82) is 0 Å². The Bertz CT molecular complexity index is 909. The average molecular weight is 353 g/mol. The molecule has 0 amide bonds. The number of hydrogen-bond acceptors (Lipinski definition) is 6. The van der Waals surface area contributed by atoms with Crippen LogP contribution < -0.4 is 0 Å². The maximum absolute atomic E-state index is 10.7. The van der Waals surface area contributed by atoms with Crippen molar-refractivity contribution in [3.05, 3.63) is 64.2 Å². The van der Waals surface area contributed by atoms with E-state index >= 15 is 0 Å². The molecule has 0 aliphatic heterocycles. The van der Waals surface area contributed by atoms with Gasteiger partial charge in [0.25, 0.3) is 0 Å². The largest absolute Gasteiger partial charge is 0.305 e. The van der Waals surface area contributed by atoms with Gasteiger partial charge in [-0.25, -0.2) is 15.0 Å². The molecule has 0 atom stereocenters. The molecule has 1 aliphatic rings. The zero-order valence-electron chi connectivity index (χ0n) is 13.3. The summed E-state index contributed by atoms with van der Waals surface area (Å²) >= 11 is 1.33. The van der Waals surface area contributed by atoms with Crippen molar-refractivity contribution < 1.29 is 4.92 Å². The summed E-state index contributed by atoms with van der Waals surface area (Å²) in [5.41, 5.74) is 3.30. The zero-order valence-corrected chi connectivity index (χ0v) is 14.1. The van der Waals surface area contributed by atoms with Gasteiger partial charge in [0, 0.05) is 11.4 Å². The molecule has 126 valence electrons. The molecule has 3 aromatic rings. The summed E-state index contributed by atoms with van der Waals surface area (Å²) in [4.78, 5) is 23.2. The number of aryl methyl sites for hydroxylation is 1. The number of nitro groups is 1. The first-order valence-corrected chi connectivity index (χ1v) is 8.84. The molecule has 8 heteroatoms. The van der Waals surface area contributed by atoms with Crippen LogP contribution in [0.1, 0.15) is 24.2 Å². The Morgan fingerprint density at radius 2 is 1.80 bits per heavy atom. The predicted octanol–water partition coefficient (Wildman–Crippen LogP) is 3.60. The minimum atomic E-state index is -0.502. The smallest absolute Gasteiger partial charge is 0.291 e. The van der Waals surface area contributed by atoms with Crippen molar-refractivity contribution >= 4 is 17.4 Å². The van der Waals surface area contributed by atoms with Gasteiger partial charge < -0.3 is 0 Å². The van der Waals surface area contributed by atoms with Gasteiger partial charge in [0.15, 0.2) is 10.3 Å². The van der Waals surface area contributed by atoms with Gasteiger partial charge in [-0.15, -0.1) is 0 Å². The van der Waals surface area contributed by atoms with E-state index in [1.807, 2.05) is 18.2 Å². The number of hydrogen-bond donors (Lipinski definition) is 0. The summed E-state index contributed by atoms with van der Waals surface area (Å²) < 4.78 is 2.16. The van der Waals surface area contributed by atoms with E-state index in [1.165, 1.54) is 29.8 Å². The number of benzene rings is 1. The SMILES string of the molecule is O=[N+]([O-])c1cnc(Sc2nc3c(n2-c2ccccc2)CCCC3)nc1. The molecule has 1 aliphatic carbocycles. The Morgan fingerprint density at radius 1 is 1.08 bits per heavy atom. The fourth-order valence-electron chi connectivity index (χ4n) is 2.97. The van der Waals surface area contributed by atoms with Gasteiger partial charge in [-0.1, -0.05) is 18.2 Å². The number of rotatable bonds is 4. The lowest BCUT2D eigenvalue weighted by molar-refractivity contribution is -0.385. The highest BCUT2D eigenvalue weighted by Gasteiger charge is 2.22. The molecule has 0 radical (unpaired) electrons. The predicted molar refractivity (Wildman–Crippen MR) is 93.0 cm³/mol. The summed E-state index contributed by atoms with van der Waals surface area (Å²) in [5.74, 6) is 0. The van der Waals surface area contributed by atoms with Crippen molar-refractivity contribution in [2.24, 2.45) is 0 Å². The fraction of sp³-hybridized carbons (Fsp3) is 0.235. The first-order valence-electron chi connectivity index (χ1n) is 8.02. The summed E-state index contributed by atoms with van der Waals surface area (Å²) in [5, 5.41) is 12.0. The third-order valence-electron chi connectivity index (χ3n) is 4.12. The van der Waals surface area contributed by atoms with Gasteiger partial charge in [-0.2, -0.15) is 0 Å². The second kappa shape index (κ2) is 6.64. The fourth-order valence-corrected chi connectivity index (χ4v) is 3.80. The molecule has 2 heterocycles. The third kappa shape index (κ3) is 3.12. The lowest BCUT2D eigenvalue weighted by Crippen LogP contribution is -2.07. The summed E-state index contributed by atoms with van der Waals surface area (Å²) in [7, 11) is 0. The number of para-hydroxylation sites is 1. The first-order chi connectivity index (χ1) is 12.2. The Kier molecular flexibility index (Phi) is 4.19. The highest BCUT2D eigenvalue weighted by atomic mass is 32.2. The summed E-state index contributed by atoms with van der Waals surface area (Å²) in [6, 6.07) is 10.1. The maximum atomic E-state index is 10.7. The van der Waals surface area contributed by atoms with E-state index in [0.29, 0.717) is 5.16 Å². The average Bonchev–Trinajstić information content (AvgIpc) is 3.00. The molecule has 0 N–H and O–H groups in total. The van der Waals surface area contributed by atoms with Gasteiger partial charge in [0.2, 0.25) is 0 Å². The second-order valence-electron chi connectivity index (χ2n) is 5.75. The number of imidazole rings is 1. The van der Waals surface area contributed by atoms with Crippen LogP contribution in [0.25, 0.3) is 5.69 Å². The standard InChI is InChI=1S/C17H15N5O2S/c23-22(24)13-10-18-16(19-11-13)25-17-20-14-8-4-5-9-15(14)21(17)12-6-2-1-3-7-12/h1-3,6-7,10-11H,4-5,8-9H2. The van der Waals surface area contributed by atoms with Crippen LogP contribution in [0.2, 0.25) is 0 Å². The maximum Gasteiger partial charge on any atom is 0.305 e. The van der Waals surface area contributed by atoms with E-state index in [0.717, 1.165) is 42.2 Å². The monoisotopic (exact) mass is 353 g/mol. The van der Waals surface area contributed by atoms with Crippen LogP contribution in [0.3, 0.4) is 0 Å². The molecule has 2 aromatic heterocycles. The van der Waals surface area contributed by atoms with E-state index in [9.17, 15) is 10.1 Å². The molecule has 0 bridgehead atoms. The molecule has 0 fully saturated rings. The highest BCUT2D eigenvalue weighted by molar-refractivity contribution is 7.99. The molecule has 7 nitrogen and oxygen atoms in total. The van der Waals surface area contributed by atoms with E-state index in [-0.39, 0.29) is 5.69 Å². The van der Waals surface area contributed by atoms with E-state index in [4.69, 9.17) is 4.98 Å². The van der Waals surface area contributed by atoms with Gasteiger partial charge >= 0.3 is 5.69 Å². The van der Waals surface area contributed by atoms with Crippen molar-refractivity contribution in [2.45, 2.75) is 36.0 Å². The van der Waals surface area contributed by atoms with Crippen LogP contribution in [0.15, 0.2) is 53.0 Å².